The molecule has 0 aliphatic carbocycles. The van der Waals surface area contributed by atoms with E-state index < -0.39 is 14.8 Å². The molecular weight excluding hydrogens is 306 g/mol. The predicted molar refractivity (Wildman–Crippen MR) is 80.2 cm³/mol. The van der Waals surface area contributed by atoms with Gasteiger partial charge < -0.3 is 4.42 Å². The van der Waals surface area contributed by atoms with Gasteiger partial charge in [0.25, 0.3) is 5.69 Å². The standard InChI is InChI=1S/C15H11NO5S/c17-16(18)12-6-7-15-11(8-12)9-13(21-15)10-22(19,20)14-4-2-1-3-5-14/h1-9H,10H2. The third kappa shape index (κ3) is 2.71. The Morgan fingerprint density at radius 2 is 1.77 bits per heavy atom. The molecule has 6 nitrogen and oxygen atoms in total. The Kier molecular flexibility index (Phi) is 3.42. The van der Waals surface area contributed by atoms with Gasteiger partial charge >= 0.3 is 0 Å². The summed E-state index contributed by atoms with van der Waals surface area (Å²) in [5.41, 5.74) is 0.356. The van der Waals surface area contributed by atoms with E-state index in [4.69, 9.17) is 4.42 Å². The smallest absolute Gasteiger partial charge is 0.270 e. The zero-order valence-electron chi connectivity index (χ0n) is 11.3. The number of furan rings is 1. The maximum absolute atomic E-state index is 12.3. The van der Waals surface area contributed by atoms with Gasteiger partial charge in [-0.2, -0.15) is 0 Å². The molecule has 0 atom stereocenters. The van der Waals surface area contributed by atoms with Crippen LogP contribution in [0.15, 0.2) is 63.9 Å². The van der Waals surface area contributed by atoms with Crippen LogP contribution in [0.5, 0.6) is 0 Å². The first kappa shape index (κ1) is 14.3. The highest BCUT2D eigenvalue weighted by molar-refractivity contribution is 7.90. The van der Waals surface area contributed by atoms with Crippen LogP contribution in [0, 0.1) is 10.1 Å². The van der Waals surface area contributed by atoms with Gasteiger partial charge in [-0.05, 0) is 24.3 Å². The summed E-state index contributed by atoms with van der Waals surface area (Å²) in [6.45, 7) is 0. The van der Waals surface area contributed by atoms with Crippen LogP contribution in [0.1, 0.15) is 5.76 Å². The second kappa shape index (κ2) is 5.27. The SMILES string of the molecule is O=[N+]([O-])c1ccc2oc(CS(=O)(=O)c3ccccc3)cc2c1. The third-order valence-electron chi connectivity index (χ3n) is 3.20. The van der Waals surface area contributed by atoms with Crippen molar-refractivity contribution in [3.8, 4) is 0 Å². The maximum atomic E-state index is 12.3. The van der Waals surface area contributed by atoms with E-state index in [1.54, 1.807) is 18.2 Å². The highest BCUT2D eigenvalue weighted by Gasteiger charge is 2.18. The van der Waals surface area contributed by atoms with Crippen molar-refractivity contribution in [3.63, 3.8) is 0 Å². The van der Waals surface area contributed by atoms with Gasteiger partial charge in [-0.25, -0.2) is 8.42 Å². The van der Waals surface area contributed by atoms with Gasteiger partial charge in [0.15, 0.2) is 9.84 Å². The second-order valence-corrected chi connectivity index (χ2v) is 6.75. The highest BCUT2D eigenvalue weighted by Crippen LogP contribution is 2.26. The molecule has 3 aromatic rings. The van der Waals surface area contributed by atoms with Gasteiger partial charge in [-0.3, -0.25) is 10.1 Å². The number of nitrogens with zero attached hydrogens (tertiary/aromatic N) is 1. The lowest BCUT2D eigenvalue weighted by molar-refractivity contribution is -0.384. The quantitative estimate of drug-likeness (QED) is 0.544. The molecule has 3 rings (SSSR count). The average molecular weight is 317 g/mol. The van der Waals surface area contributed by atoms with Crippen LogP contribution >= 0.6 is 0 Å². The monoisotopic (exact) mass is 317 g/mol. The topological polar surface area (TPSA) is 90.4 Å². The van der Waals surface area contributed by atoms with Crippen molar-refractivity contribution in [2.75, 3.05) is 0 Å². The molecule has 0 spiro atoms. The Balaban J connectivity index is 1.96. The van der Waals surface area contributed by atoms with E-state index in [-0.39, 0.29) is 22.1 Å². The number of hydrogen-bond acceptors (Lipinski definition) is 5. The highest BCUT2D eigenvalue weighted by atomic mass is 32.2. The van der Waals surface area contributed by atoms with Crippen LogP contribution in [0.25, 0.3) is 11.0 Å². The molecule has 0 aliphatic rings. The molecule has 0 aliphatic heterocycles. The van der Waals surface area contributed by atoms with Gasteiger partial charge in [-0.15, -0.1) is 0 Å². The second-order valence-electron chi connectivity index (χ2n) is 4.76. The Bertz CT molecular complexity index is 944. The fraction of sp³-hybridized carbons (Fsp3) is 0.0667. The number of sulfone groups is 1. The molecular formula is C15H11NO5S. The van der Waals surface area contributed by atoms with Crippen molar-refractivity contribution in [2.45, 2.75) is 10.6 Å². The lowest BCUT2D eigenvalue weighted by Crippen LogP contribution is -2.03. The number of nitro groups is 1. The molecule has 0 radical (unpaired) electrons. The minimum Gasteiger partial charge on any atom is -0.460 e. The fourth-order valence-corrected chi connectivity index (χ4v) is 3.42. The summed E-state index contributed by atoms with van der Waals surface area (Å²) in [5.74, 6) is -0.0428. The van der Waals surface area contributed by atoms with E-state index in [0.717, 1.165) is 0 Å². The molecule has 0 bridgehead atoms. The van der Waals surface area contributed by atoms with E-state index in [1.807, 2.05) is 0 Å². The summed E-state index contributed by atoms with van der Waals surface area (Å²) < 4.78 is 30.0. The number of benzene rings is 2. The van der Waals surface area contributed by atoms with Crippen molar-refractivity contribution in [1.29, 1.82) is 0 Å². The zero-order chi connectivity index (χ0) is 15.7. The van der Waals surface area contributed by atoms with Crippen LogP contribution in [0.2, 0.25) is 0 Å². The summed E-state index contributed by atoms with van der Waals surface area (Å²) in [6.07, 6.45) is 0. The molecule has 0 saturated carbocycles. The maximum Gasteiger partial charge on any atom is 0.270 e. The number of rotatable bonds is 4. The number of nitro benzene ring substituents is 1. The Labute approximate surface area is 126 Å². The third-order valence-corrected chi connectivity index (χ3v) is 4.85. The van der Waals surface area contributed by atoms with Gasteiger partial charge in [0, 0.05) is 17.5 Å². The van der Waals surface area contributed by atoms with Crippen LogP contribution in [0.4, 0.5) is 5.69 Å². The molecule has 0 N–H and O–H groups in total. The molecule has 7 heteroatoms. The Morgan fingerprint density at radius 1 is 1.05 bits per heavy atom. The molecule has 0 saturated heterocycles. The summed E-state index contributed by atoms with van der Waals surface area (Å²) in [6, 6.07) is 13.7. The van der Waals surface area contributed by atoms with Gasteiger partial charge in [0.1, 0.15) is 17.1 Å². The molecule has 0 unspecified atom stereocenters. The van der Waals surface area contributed by atoms with Crippen molar-refractivity contribution >= 4 is 26.5 Å². The number of hydrogen-bond donors (Lipinski definition) is 0. The first-order valence-corrected chi connectivity index (χ1v) is 8.06. The van der Waals surface area contributed by atoms with Crippen molar-refractivity contribution in [1.82, 2.24) is 0 Å². The van der Waals surface area contributed by atoms with Crippen LogP contribution in [0.3, 0.4) is 0 Å². The first-order chi connectivity index (χ1) is 10.5. The molecule has 0 fully saturated rings. The lowest BCUT2D eigenvalue weighted by Gasteiger charge is -2.01. The Morgan fingerprint density at radius 3 is 2.45 bits per heavy atom. The molecule has 1 heterocycles. The largest absolute Gasteiger partial charge is 0.460 e. The summed E-state index contributed by atoms with van der Waals surface area (Å²) in [7, 11) is -3.52. The predicted octanol–water partition coefficient (Wildman–Crippen LogP) is 3.31. The average Bonchev–Trinajstić information content (AvgIpc) is 2.88. The Hall–Kier alpha value is -2.67. The minimum absolute atomic E-state index is 0.0641. The summed E-state index contributed by atoms with van der Waals surface area (Å²) in [5, 5.41) is 11.3. The summed E-state index contributed by atoms with van der Waals surface area (Å²) in [4.78, 5) is 10.4. The summed E-state index contributed by atoms with van der Waals surface area (Å²) >= 11 is 0. The molecule has 1 aromatic heterocycles. The van der Waals surface area contributed by atoms with Crippen molar-refractivity contribution in [3.05, 3.63) is 70.5 Å². The van der Waals surface area contributed by atoms with Crippen molar-refractivity contribution in [2.24, 2.45) is 0 Å². The molecule has 112 valence electrons. The normalized spacial score (nSPS) is 11.6. The van der Waals surface area contributed by atoms with E-state index >= 15 is 0 Å². The fourth-order valence-electron chi connectivity index (χ4n) is 2.17. The van der Waals surface area contributed by atoms with E-state index in [9.17, 15) is 18.5 Å². The number of fused-ring (bicyclic) bond motifs is 1. The van der Waals surface area contributed by atoms with Crippen LogP contribution in [-0.4, -0.2) is 13.3 Å². The van der Waals surface area contributed by atoms with Crippen LogP contribution in [-0.2, 0) is 15.6 Å². The van der Waals surface area contributed by atoms with E-state index in [1.165, 1.54) is 36.4 Å². The molecule has 0 amide bonds. The molecule has 2 aromatic carbocycles. The lowest BCUT2D eigenvalue weighted by atomic mass is 10.2. The van der Waals surface area contributed by atoms with E-state index in [0.29, 0.717) is 11.0 Å². The van der Waals surface area contributed by atoms with Crippen LogP contribution < -0.4 is 0 Å². The number of non-ortho nitro benzene ring substituents is 1. The van der Waals surface area contributed by atoms with Gasteiger partial charge in [-0.1, -0.05) is 18.2 Å². The van der Waals surface area contributed by atoms with Gasteiger partial charge in [0.2, 0.25) is 0 Å². The van der Waals surface area contributed by atoms with E-state index in [2.05, 4.69) is 0 Å². The van der Waals surface area contributed by atoms with Gasteiger partial charge in [0.05, 0.1) is 9.82 Å². The van der Waals surface area contributed by atoms with Crippen molar-refractivity contribution < 1.29 is 17.8 Å². The first-order valence-electron chi connectivity index (χ1n) is 6.40. The molecule has 22 heavy (non-hydrogen) atoms. The zero-order valence-corrected chi connectivity index (χ0v) is 12.1. The minimum atomic E-state index is -3.52.